The van der Waals surface area contributed by atoms with E-state index in [9.17, 15) is 43.2 Å². The maximum atomic E-state index is 13.2. The van der Waals surface area contributed by atoms with Gasteiger partial charge in [-0.05, 0) is 31.6 Å². The first-order valence-electron chi connectivity index (χ1n) is 47.1. The molecule has 5 atom stereocenters. The molecule has 0 aromatic carbocycles. The Kier molecular flexibility index (Phi) is 82.1. The molecule has 0 heterocycles. The van der Waals surface area contributed by atoms with Crippen molar-refractivity contribution in [3.8, 4) is 0 Å². The third-order valence-electron chi connectivity index (χ3n) is 21.5. The van der Waals surface area contributed by atoms with Gasteiger partial charge in [-0.15, -0.1) is 0 Å². The molecule has 2 unspecified atom stereocenters. The molecule has 110 heavy (non-hydrogen) atoms. The van der Waals surface area contributed by atoms with Crippen molar-refractivity contribution in [3.05, 3.63) is 0 Å². The van der Waals surface area contributed by atoms with Crippen LogP contribution in [0.4, 0.5) is 0 Å². The van der Waals surface area contributed by atoms with Crippen LogP contribution in [-0.4, -0.2) is 96.7 Å². The highest BCUT2D eigenvalue weighted by molar-refractivity contribution is 7.47. The minimum absolute atomic E-state index is 0.109. The van der Waals surface area contributed by atoms with Crippen LogP contribution in [0.1, 0.15) is 497 Å². The van der Waals surface area contributed by atoms with Gasteiger partial charge in [-0.3, -0.25) is 37.3 Å². The van der Waals surface area contributed by atoms with Crippen LogP contribution in [0, 0.1) is 5.92 Å². The highest BCUT2D eigenvalue weighted by atomic mass is 31.2. The topological polar surface area (TPSA) is 237 Å². The fraction of sp³-hybridized carbons (Fsp3) is 0.956. The molecule has 19 heteroatoms. The molecule has 0 saturated carbocycles. The zero-order valence-electron chi connectivity index (χ0n) is 72.4. The van der Waals surface area contributed by atoms with Crippen molar-refractivity contribution in [2.24, 2.45) is 5.92 Å². The summed E-state index contributed by atoms with van der Waals surface area (Å²) in [6.07, 6.45) is 79.4. The Morgan fingerprint density at radius 1 is 0.245 bits per heavy atom. The van der Waals surface area contributed by atoms with Crippen LogP contribution in [0.5, 0.6) is 0 Å². The molecule has 0 rings (SSSR count). The van der Waals surface area contributed by atoms with Crippen molar-refractivity contribution >= 4 is 39.5 Å². The Morgan fingerprint density at radius 2 is 0.418 bits per heavy atom. The van der Waals surface area contributed by atoms with E-state index in [1.807, 2.05) is 0 Å². The van der Waals surface area contributed by atoms with Gasteiger partial charge in [0.1, 0.15) is 19.3 Å². The first-order chi connectivity index (χ1) is 53.5. The van der Waals surface area contributed by atoms with E-state index >= 15 is 0 Å². The second kappa shape index (κ2) is 83.5. The zero-order chi connectivity index (χ0) is 80.4. The Balaban J connectivity index is 5.23. The average Bonchev–Trinajstić information content (AvgIpc) is 0.895. The number of aliphatic hydroxyl groups excluding tert-OH is 1. The minimum Gasteiger partial charge on any atom is -0.462 e. The molecular formula is C91H178O17P2. The van der Waals surface area contributed by atoms with Gasteiger partial charge in [-0.25, -0.2) is 9.13 Å². The number of phosphoric acid groups is 2. The Hall–Kier alpha value is -1.94. The number of aliphatic hydroxyl groups is 1. The predicted octanol–water partition coefficient (Wildman–Crippen LogP) is 28.3. The first kappa shape index (κ1) is 108. The maximum absolute atomic E-state index is 13.2. The van der Waals surface area contributed by atoms with Gasteiger partial charge in [0.05, 0.1) is 26.4 Å². The molecule has 654 valence electrons. The van der Waals surface area contributed by atoms with Gasteiger partial charge in [-0.1, -0.05) is 446 Å². The number of rotatable bonds is 91. The second-order valence-electron chi connectivity index (χ2n) is 33.2. The summed E-state index contributed by atoms with van der Waals surface area (Å²) >= 11 is 0. The third-order valence-corrected chi connectivity index (χ3v) is 23.4. The molecule has 0 bridgehead atoms. The number of esters is 4. The summed E-state index contributed by atoms with van der Waals surface area (Å²) in [6.45, 7) is 7.36. The SMILES string of the molecule is CCCCCCCCCCCCCCCCCCCCCCC(=O)OC[C@H](COP(=O)(O)OC[C@@H](O)COP(=O)(O)OC[C@@H](COC(=O)CCCCCCCCCCC(C)C)OC(=O)CCCCCCCCCCCCCCCCCCCCC)OC(=O)CCCCCCCCCCCCCCCCCCCCCC. The van der Waals surface area contributed by atoms with E-state index in [2.05, 4.69) is 34.6 Å². The molecule has 0 radical (unpaired) electrons. The van der Waals surface area contributed by atoms with Crippen molar-refractivity contribution in [2.75, 3.05) is 39.6 Å². The van der Waals surface area contributed by atoms with Crippen LogP contribution in [0.2, 0.25) is 0 Å². The molecule has 17 nitrogen and oxygen atoms in total. The number of unbranched alkanes of at least 4 members (excludes halogenated alkanes) is 63. The van der Waals surface area contributed by atoms with Gasteiger partial charge in [0.15, 0.2) is 12.2 Å². The Morgan fingerprint density at radius 3 is 0.618 bits per heavy atom. The molecule has 0 aliphatic carbocycles. The van der Waals surface area contributed by atoms with Crippen LogP contribution in [0.15, 0.2) is 0 Å². The fourth-order valence-electron chi connectivity index (χ4n) is 14.4. The summed E-state index contributed by atoms with van der Waals surface area (Å²) in [5.74, 6) is -1.37. The van der Waals surface area contributed by atoms with E-state index in [0.717, 1.165) is 95.8 Å². The molecule has 0 aliphatic heterocycles. The van der Waals surface area contributed by atoms with Gasteiger partial charge in [-0.2, -0.15) is 0 Å². The van der Waals surface area contributed by atoms with Crippen LogP contribution < -0.4 is 0 Å². The monoisotopic (exact) mass is 1610 g/mol. The highest BCUT2D eigenvalue weighted by Gasteiger charge is 2.31. The lowest BCUT2D eigenvalue weighted by Crippen LogP contribution is -2.30. The van der Waals surface area contributed by atoms with Crippen LogP contribution in [0.3, 0.4) is 0 Å². The number of carbonyl (C=O) groups is 4. The fourth-order valence-corrected chi connectivity index (χ4v) is 15.9. The summed E-state index contributed by atoms with van der Waals surface area (Å²) in [7, 11) is -9.93. The summed E-state index contributed by atoms with van der Waals surface area (Å²) in [5, 5.41) is 10.7. The minimum atomic E-state index is -4.97. The molecular weight excluding hydrogens is 1430 g/mol. The lowest BCUT2D eigenvalue weighted by atomic mass is 10.0. The maximum Gasteiger partial charge on any atom is 0.472 e. The van der Waals surface area contributed by atoms with E-state index in [-0.39, 0.29) is 25.7 Å². The average molecular weight is 1610 g/mol. The Labute approximate surface area is 677 Å². The molecule has 0 amide bonds. The van der Waals surface area contributed by atoms with Gasteiger partial charge < -0.3 is 33.8 Å². The van der Waals surface area contributed by atoms with E-state index in [0.29, 0.717) is 25.7 Å². The van der Waals surface area contributed by atoms with Crippen molar-refractivity contribution in [1.29, 1.82) is 0 Å². The second-order valence-corrected chi connectivity index (χ2v) is 36.1. The summed E-state index contributed by atoms with van der Waals surface area (Å²) in [4.78, 5) is 73.4. The quantitative estimate of drug-likeness (QED) is 0.0222. The van der Waals surface area contributed by atoms with Crippen molar-refractivity contribution in [2.45, 2.75) is 515 Å². The van der Waals surface area contributed by atoms with E-state index in [1.54, 1.807) is 0 Å². The van der Waals surface area contributed by atoms with Crippen LogP contribution >= 0.6 is 15.6 Å². The largest absolute Gasteiger partial charge is 0.472 e. The normalized spacial score (nSPS) is 13.7. The predicted molar refractivity (Wildman–Crippen MR) is 455 cm³/mol. The lowest BCUT2D eigenvalue weighted by molar-refractivity contribution is -0.161. The van der Waals surface area contributed by atoms with E-state index < -0.39 is 97.5 Å². The highest BCUT2D eigenvalue weighted by Crippen LogP contribution is 2.45. The number of hydrogen-bond acceptors (Lipinski definition) is 15. The molecule has 0 fully saturated rings. The molecule has 0 aliphatic rings. The van der Waals surface area contributed by atoms with E-state index in [1.165, 1.54) is 321 Å². The van der Waals surface area contributed by atoms with Gasteiger partial charge in [0.25, 0.3) is 0 Å². The number of ether oxygens (including phenoxy) is 4. The van der Waals surface area contributed by atoms with Gasteiger partial charge in [0, 0.05) is 25.7 Å². The number of hydrogen-bond donors (Lipinski definition) is 3. The van der Waals surface area contributed by atoms with Crippen molar-refractivity contribution < 1.29 is 80.2 Å². The standard InChI is InChI=1S/C91H178O17P2/c1-6-9-12-15-18-21-24-27-30-33-36-39-41-44-47-50-53-59-64-69-74-88(93)101-80-86(107-90(95)76-71-67-62-55-52-49-46-43-40-37-34-31-28-25-22-19-16-13-10-7-2)82-105-109(97,98)103-78-85(92)79-104-110(99,100)106-83-87(81-102-89(94)75-70-65-60-57-56-58-63-68-73-84(4)5)108-91(96)77-72-66-61-54-51-48-45-42-38-35-32-29-26-23-20-17-14-11-8-3/h84-87,92H,6-83H2,1-5H3,(H,97,98)(H,99,100)/t85-,86-,87-/m1/s1. The van der Waals surface area contributed by atoms with Gasteiger partial charge in [0.2, 0.25) is 0 Å². The van der Waals surface area contributed by atoms with Crippen molar-refractivity contribution in [1.82, 2.24) is 0 Å². The zero-order valence-corrected chi connectivity index (χ0v) is 74.2. The van der Waals surface area contributed by atoms with Gasteiger partial charge >= 0.3 is 39.5 Å². The molecule has 0 aromatic heterocycles. The number of carbonyl (C=O) groups excluding carboxylic acids is 4. The van der Waals surface area contributed by atoms with Crippen molar-refractivity contribution in [3.63, 3.8) is 0 Å². The molecule has 3 N–H and O–H groups in total. The third kappa shape index (κ3) is 84.0. The van der Waals surface area contributed by atoms with Crippen LogP contribution in [-0.2, 0) is 65.4 Å². The molecule has 0 aromatic rings. The summed E-state index contributed by atoms with van der Waals surface area (Å²) < 4.78 is 69.1. The smallest absolute Gasteiger partial charge is 0.462 e. The van der Waals surface area contributed by atoms with Crippen LogP contribution in [0.25, 0.3) is 0 Å². The first-order valence-corrected chi connectivity index (χ1v) is 50.1. The lowest BCUT2D eigenvalue weighted by Gasteiger charge is -2.21. The molecule has 0 saturated heterocycles. The number of phosphoric ester groups is 2. The summed E-state index contributed by atoms with van der Waals surface area (Å²) in [6, 6.07) is 0. The Bertz CT molecular complexity index is 2080. The summed E-state index contributed by atoms with van der Waals surface area (Å²) in [5.41, 5.74) is 0. The van der Waals surface area contributed by atoms with E-state index in [4.69, 9.17) is 37.0 Å². The molecule has 0 spiro atoms.